The summed E-state index contributed by atoms with van der Waals surface area (Å²) in [6, 6.07) is 10.2. The van der Waals surface area contributed by atoms with E-state index in [-0.39, 0.29) is 12.6 Å². The number of imidazole rings is 1. The van der Waals surface area contributed by atoms with E-state index in [0.29, 0.717) is 29.9 Å². The zero-order valence-electron chi connectivity index (χ0n) is 14.8. The summed E-state index contributed by atoms with van der Waals surface area (Å²) in [6.45, 7) is 0.334. The number of methoxy groups -OCH3 is 1. The molecular weight excluding hydrogens is 350 g/mol. The molecule has 2 aromatic heterocycles. The number of aliphatic hydroxyl groups excluding tert-OH is 2. The van der Waals surface area contributed by atoms with Crippen LogP contribution in [0.15, 0.2) is 36.7 Å². The van der Waals surface area contributed by atoms with Gasteiger partial charge in [-0.15, -0.1) is 0 Å². The molecule has 0 bridgehead atoms. The molecule has 0 spiro atoms. The van der Waals surface area contributed by atoms with E-state index in [1.54, 1.807) is 10.9 Å². The quantitative estimate of drug-likeness (QED) is 0.590. The van der Waals surface area contributed by atoms with Gasteiger partial charge in [-0.2, -0.15) is 9.97 Å². The zero-order chi connectivity index (χ0) is 18.8. The van der Waals surface area contributed by atoms with Gasteiger partial charge < -0.3 is 25.0 Å². The van der Waals surface area contributed by atoms with E-state index in [1.165, 1.54) is 7.11 Å². The van der Waals surface area contributed by atoms with Gasteiger partial charge in [0.25, 0.3) is 0 Å². The summed E-state index contributed by atoms with van der Waals surface area (Å²) < 4.78 is 12.7. The number of hydrogen-bond donors (Lipinski definition) is 3. The number of fused-ring (bicyclic) bond motifs is 1. The molecule has 9 nitrogen and oxygen atoms in total. The van der Waals surface area contributed by atoms with Crippen molar-refractivity contribution in [2.24, 2.45) is 0 Å². The topological polar surface area (TPSA) is 115 Å². The van der Waals surface area contributed by atoms with Crippen molar-refractivity contribution in [1.82, 2.24) is 19.5 Å². The number of anilines is 1. The van der Waals surface area contributed by atoms with Crippen molar-refractivity contribution in [2.75, 3.05) is 19.0 Å². The Labute approximate surface area is 155 Å². The fourth-order valence-electron chi connectivity index (χ4n) is 3.15. The Hall–Kier alpha value is -2.75. The smallest absolute Gasteiger partial charge is 0.320 e. The molecule has 1 aliphatic rings. The van der Waals surface area contributed by atoms with Gasteiger partial charge >= 0.3 is 6.01 Å². The number of ether oxygens (including phenoxy) is 2. The first-order valence-electron chi connectivity index (χ1n) is 8.70. The molecule has 27 heavy (non-hydrogen) atoms. The Balaban J connectivity index is 1.66. The maximum absolute atomic E-state index is 10.0. The second-order valence-corrected chi connectivity index (χ2v) is 6.34. The van der Waals surface area contributed by atoms with Crippen LogP contribution in [0, 0.1) is 0 Å². The molecule has 4 rings (SSSR count). The summed E-state index contributed by atoms with van der Waals surface area (Å²) in [5.74, 6) is 0.553. The highest BCUT2D eigenvalue weighted by atomic mass is 16.5. The first-order valence-corrected chi connectivity index (χ1v) is 8.70. The molecule has 1 saturated heterocycles. The molecule has 9 heteroatoms. The number of benzene rings is 1. The summed E-state index contributed by atoms with van der Waals surface area (Å²) in [5, 5.41) is 22.6. The third-order valence-corrected chi connectivity index (χ3v) is 4.58. The Bertz CT molecular complexity index is 917. The molecule has 3 aromatic rings. The van der Waals surface area contributed by atoms with E-state index in [1.807, 2.05) is 30.3 Å². The van der Waals surface area contributed by atoms with Gasteiger partial charge in [-0.25, -0.2) is 4.98 Å². The molecule has 1 aromatic carbocycles. The largest absolute Gasteiger partial charge is 0.467 e. The SMILES string of the molecule is COc1nc(NCc2ccccc2)c2ncn([C@H]3C[C@H](O)C(CO)O3)c2n1. The molecule has 1 aliphatic heterocycles. The summed E-state index contributed by atoms with van der Waals surface area (Å²) in [4.78, 5) is 13.2. The third kappa shape index (κ3) is 3.44. The minimum Gasteiger partial charge on any atom is -0.467 e. The minimum atomic E-state index is -0.739. The van der Waals surface area contributed by atoms with E-state index < -0.39 is 18.4 Å². The third-order valence-electron chi connectivity index (χ3n) is 4.58. The minimum absolute atomic E-state index is 0.206. The van der Waals surface area contributed by atoms with Crippen LogP contribution in [0.25, 0.3) is 11.2 Å². The number of nitrogens with one attached hydrogen (secondary N) is 1. The highest BCUT2D eigenvalue weighted by Gasteiger charge is 2.35. The standard InChI is InChI=1S/C18H21N5O4/c1-26-18-21-16(19-8-11-5-3-2-4-6-11)15-17(22-18)23(10-20-15)14-7-12(25)13(9-24)27-14/h2-6,10,12-14,24-25H,7-9H2,1H3,(H,19,21,22)/t12-,13?,14+/m0/s1. The van der Waals surface area contributed by atoms with Gasteiger partial charge in [0.05, 0.1) is 26.1 Å². The lowest BCUT2D eigenvalue weighted by Crippen LogP contribution is -2.24. The lowest BCUT2D eigenvalue weighted by molar-refractivity contribution is -0.0432. The van der Waals surface area contributed by atoms with Crippen molar-refractivity contribution in [3.63, 3.8) is 0 Å². The molecule has 0 radical (unpaired) electrons. The number of aromatic nitrogens is 4. The predicted octanol–water partition coefficient (Wildman–Crippen LogP) is 1.09. The Morgan fingerprint density at radius 2 is 2.11 bits per heavy atom. The fourth-order valence-corrected chi connectivity index (χ4v) is 3.15. The van der Waals surface area contributed by atoms with E-state index in [0.717, 1.165) is 5.56 Å². The maximum atomic E-state index is 10.0. The second-order valence-electron chi connectivity index (χ2n) is 6.34. The van der Waals surface area contributed by atoms with Crippen molar-refractivity contribution < 1.29 is 19.7 Å². The number of hydrogen-bond acceptors (Lipinski definition) is 8. The van der Waals surface area contributed by atoms with Gasteiger partial charge in [0, 0.05) is 13.0 Å². The first kappa shape index (κ1) is 17.7. The average Bonchev–Trinajstić information content (AvgIpc) is 3.29. The maximum Gasteiger partial charge on any atom is 0.320 e. The fraction of sp³-hybridized carbons (Fsp3) is 0.389. The zero-order valence-corrected chi connectivity index (χ0v) is 14.8. The van der Waals surface area contributed by atoms with E-state index >= 15 is 0 Å². The van der Waals surface area contributed by atoms with Crippen molar-refractivity contribution in [3.05, 3.63) is 42.2 Å². The van der Waals surface area contributed by atoms with Crippen LogP contribution in [0.3, 0.4) is 0 Å². The molecule has 0 aliphatic carbocycles. The van der Waals surface area contributed by atoms with Crippen LogP contribution in [-0.2, 0) is 11.3 Å². The normalized spacial score (nSPS) is 22.3. The van der Waals surface area contributed by atoms with E-state index in [9.17, 15) is 10.2 Å². The highest BCUT2D eigenvalue weighted by molar-refractivity contribution is 5.83. The van der Waals surface area contributed by atoms with E-state index in [4.69, 9.17) is 9.47 Å². The Kier molecular flexibility index (Phi) is 4.88. The number of rotatable bonds is 6. The Morgan fingerprint density at radius 3 is 2.81 bits per heavy atom. The van der Waals surface area contributed by atoms with Crippen molar-refractivity contribution in [1.29, 1.82) is 0 Å². The van der Waals surface area contributed by atoms with Crippen LogP contribution in [0.5, 0.6) is 6.01 Å². The van der Waals surface area contributed by atoms with Crippen LogP contribution in [0.1, 0.15) is 18.2 Å². The number of aliphatic hydroxyl groups is 2. The second kappa shape index (κ2) is 7.47. The van der Waals surface area contributed by atoms with Gasteiger partial charge in [-0.1, -0.05) is 30.3 Å². The predicted molar refractivity (Wildman–Crippen MR) is 97.3 cm³/mol. The average molecular weight is 371 g/mol. The van der Waals surface area contributed by atoms with Crippen LogP contribution in [0.2, 0.25) is 0 Å². The molecule has 3 heterocycles. The molecule has 0 amide bonds. The van der Waals surface area contributed by atoms with E-state index in [2.05, 4.69) is 20.3 Å². The van der Waals surface area contributed by atoms with Crippen LogP contribution in [0.4, 0.5) is 5.82 Å². The molecule has 3 N–H and O–H groups in total. The van der Waals surface area contributed by atoms with Gasteiger partial charge in [-0.05, 0) is 5.56 Å². The molecule has 1 fully saturated rings. The van der Waals surface area contributed by atoms with Crippen molar-refractivity contribution in [2.45, 2.75) is 31.4 Å². The van der Waals surface area contributed by atoms with Crippen molar-refractivity contribution >= 4 is 17.0 Å². The first-order chi connectivity index (χ1) is 13.2. The summed E-state index contributed by atoms with van der Waals surface area (Å²) >= 11 is 0. The number of nitrogens with zero attached hydrogens (tertiary/aromatic N) is 4. The molecule has 142 valence electrons. The molecule has 0 saturated carbocycles. The lowest BCUT2D eigenvalue weighted by atomic mass is 10.2. The van der Waals surface area contributed by atoms with Gasteiger partial charge in [-0.3, -0.25) is 4.57 Å². The van der Waals surface area contributed by atoms with Crippen LogP contribution >= 0.6 is 0 Å². The van der Waals surface area contributed by atoms with Crippen LogP contribution in [-0.4, -0.2) is 55.7 Å². The van der Waals surface area contributed by atoms with Gasteiger partial charge in [0.15, 0.2) is 17.0 Å². The summed E-state index contributed by atoms with van der Waals surface area (Å²) in [7, 11) is 1.50. The van der Waals surface area contributed by atoms with Crippen molar-refractivity contribution in [3.8, 4) is 6.01 Å². The summed E-state index contributed by atoms with van der Waals surface area (Å²) in [5.41, 5.74) is 2.22. The lowest BCUT2D eigenvalue weighted by Gasteiger charge is -2.14. The molecular formula is C18H21N5O4. The van der Waals surface area contributed by atoms with Gasteiger partial charge in [0.1, 0.15) is 12.3 Å². The molecule has 3 atom stereocenters. The molecule has 1 unspecified atom stereocenters. The highest BCUT2D eigenvalue weighted by Crippen LogP contribution is 2.32. The monoisotopic (exact) mass is 371 g/mol. The Morgan fingerprint density at radius 1 is 1.30 bits per heavy atom. The van der Waals surface area contributed by atoms with Gasteiger partial charge in [0.2, 0.25) is 0 Å². The van der Waals surface area contributed by atoms with Crippen LogP contribution < -0.4 is 10.1 Å². The summed E-state index contributed by atoms with van der Waals surface area (Å²) in [6.07, 6.45) is 0.117.